The Hall–Kier alpha value is -2.50. The summed E-state index contributed by atoms with van der Waals surface area (Å²) in [5.41, 5.74) is 7.50. The van der Waals surface area contributed by atoms with Gasteiger partial charge < -0.3 is 20.2 Å². The number of nitrogens with one attached hydrogen (secondary N) is 1. The summed E-state index contributed by atoms with van der Waals surface area (Å²) in [5.74, 6) is 1.12. The smallest absolute Gasteiger partial charge is 0.242 e. The molecule has 26 heavy (non-hydrogen) atoms. The molecule has 3 N–H and O–H groups in total. The third-order valence-electron chi connectivity index (χ3n) is 4.05. The van der Waals surface area contributed by atoms with E-state index in [2.05, 4.69) is 5.32 Å². The Balaban J connectivity index is 0.00000243. The van der Waals surface area contributed by atoms with Gasteiger partial charge in [-0.15, -0.1) is 12.4 Å². The second kappa shape index (κ2) is 8.74. The van der Waals surface area contributed by atoms with Gasteiger partial charge in [0.05, 0.1) is 12.6 Å². The van der Waals surface area contributed by atoms with Crippen LogP contribution in [0.1, 0.15) is 37.3 Å². The van der Waals surface area contributed by atoms with Crippen LogP contribution in [0.5, 0.6) is 5.75 Å². The second-order valence-electron chi connectivity index (χ2n) is 5.87. The average molecular weight is 375 g/mol. The Kier molecular flexibility index (Phi) is 6.66. The van der Waals surface area contributed by atoms with Crippen molar-refractivity contribution < 1.29 is 13.9 Å². The molecule has 0 aliphatic heterocycles. The molecule has 2 atom stereocenters. The van der Waals surface area contributed by atoms with Crippen LogP contribution in [-0.4, -0.2) is 12.5 Å². The monoisotopic (exact) mass is 374 g/mol. The predicted octanol–water partition coefficient (Wildman–Crippen LogP) is 4.13. The highest BCUT2D eigenvalue weighted by molar-refractivity contribution is 5.86. The summed E-state index contributed by atoms with van der Waals surface area (Å²) in [6.07, 6.45) is 0. The highest BCUT2D eigenvalue weighted by atomic mass is 35.5. The van der Waals surface area contributed by atoms with Gasteiger partial charge in [-0.2, -0.15) is 0 Å². The molecule has 1 aromatic heterocycles. The zero-order valence-electron chi connectivity index (χ0n) is 14.8. The number of carbonyl (C=O) groups excluding carboxylic acids is 1. The number of fused-ring (bicyclic) bond motifs is 1. The molecule has 1 heterocycles. The Morgan fingerprint density at radius 3 is 2.62 bits per heavy atom. The Bertz CT molecular complexity index is 864. The van der Waals surface area contributed by atoms with Crippen LogP contribution in [0.15, 0.2) is 59.0 Å². The molecule has 0 saturated heterocycles. The molecule has 0 aliphatic carbocycles. The summed E-state index contributed by atoms with van der Waals surface area (Å²) in [6, 6.07) is 15.9. The Morgan fingerprint density at radius 2 is 1.92 bits per heavy atom. The first-order chi connectivity index (χ1) is 12.1. The van der Waals surface area contributed by atoms with Crippen LogP contribution in [0, 0.1) is 0 Å². The molecule has 0 fully saturated rings. The summed E-state index contributed by atoms with van der Waals surface area (Å²) in [5, 5.41) is 3.85. The van der Waals surface area contributed by atoms with E-state index in [0.717, 1.165) is 10.9 Å². The Morgan fingerprint density at radius 1 is 1.19 bits per heavy atom. The molecular formula is C20H23ClN2O3. The zero-order valence-corrected chi connectivity index (χ0v) is 15.6. The van der Waals surface area contributed by atoms with Crippen LogP contribution in [0.2, 0.25) is 0 Å². The number of benzene rings is 2. The van der Waals surface area contributed by atoms with E-state index in [9.17, 15) is 4.79 Å². The fourth-order valence-electron chi connectivity index (χ4n) is 2.72. The van der Waals surface area contributed by atoms with Gasteiger partial charge >= 0.3 is 0 Å². The lowest BCUT2D eigenvalue weighted by molar-refractivity contribution is -0.123. The maximum atomic E-state index is 12.4. The molecule has 3 aromatic rings. The van der Waals surface area contributed by atoms with Crippen molar-refractivity contribution in [1.82, 2.24) is 5.32 Å². The van der Waals surface area contributed by atoms with Crippen molar-refractivity contribution in [2.24, 2.45) is 5.73 Å². The number of nitrogens with two attached hydrogens (primary N) is 1. The predicted molar refractivity (Wildman–Crippen MR) is 105 cm³/mol. The van der Waals surface area contributed by atoms with Crippen molar-refractivity contribution in [1.29, 1.82) is 0 Å². The van der Waals surface area contributed by atoms with Crippen molar-refractivity contribution in [3.63, 3.8) is 0 Å². The van der Waals surface area contributed by atoms with E-state index in [1.807, 2.05) is 68.4 Å². The van der Waals surface area contributed by atoms with E-state index in [1.165, 1.54) is 0 Å². The van der Waals surface area contributed by atoms with Gasteiger partial charge in [-0.1, -0.05) is 42.5 Å². The lowest BCUT2D eigenvalue weighted by Gasteiger charge is -2.16. The first kappa shape index (κ1) is 19.8. The summed E-state index contributed by atoms with van der Waals surface area (Å²) in [4.78, 5) is 12.4. The third kappa shape index (κ3) is 4.18. The average Bonchev–Trinajstić information content (AvgIpc) is 3.07. The topological polar surface area (TPSA) is 77.5 Å². The number of para-hydroxylation sites is 1. The molecule has 0 saturated carbocycles. The molecule has 0 bridgehead atoms. The molecule has 3 rings (SSSR count). The zero-order chi connectivity index (χ0) is 17.8. The largest absolute Gasteiger partial charge is 0.490 e. The van der Waals surface area contributed by atoms with Crippen LogP contribution >= 0.6 is 12.4 Å². The number of ether oxygens (including phenoxy) is 1. The maximum absolute atomic E-state index is 12.4. The molecule has 0 aliphatic rings. The number of hydrogen-bond donors (Lipinski definition) is 2. The molecule has 5 nitrogen and oxygen atoms in total. The second-order valence-corrected chi connectivity index (χ2v) is 5.87. The number of furan rings is 1. The highest BCUT2D eigenvalue weighted by Gasteiger charge is 2.20. The van der Waals surface area contributed by atoms with Crippen LogP contribution in [0.4, 0.5) is 0 Å². The number of carbonyl (C=O) groups is 1. The standard InChI is InChI=1S/C20H22N2O3.ClH/c1-3-24-16-11-7-10-15-12-17(25-19(15)16)13(2)22-20(23)18(21)14-8-5-4-6-9-14;/h4-13,18H,3,21H2,1-2H3,(H,22,23);1H. The molecule has 2 unspecified atom stereocenters. The van der Waals surface area contributed by atoms with Crippen LogP contribution < -0.4 is 15.8 Å². The lowest BCUT2D eigenvalue weighted by atomic mass is 10.1. The van der Waals surface area contributed by atoms with Crippen molar-refractivity contribution >= 4 is 29.3 Å². The highest BCUT2D eigenvalue weighted by Crippen LogP contribution is 2.31. The van der Waals surface area contributed by atoms with Gasteiger partial charge in [0.2, 0.25) is 5.91 Å². The van der Waals surface area contributed by atoms with Gasteiger partial charge in [-0.05, 0) is 31.5 Å². The number of rotatable bonds is 6. The SMILES string of the molecule is CCOc1cccc2cc(C(C)NC(=O)C(N)c3ccccc3)oc12.Cl. The summed E-state index contributed by atoms with van der Waals surface area (Å²) in [7, 11) is 0. The number of amides is 1. The minimum Gasteiger partial charge on any atom is -0.490 e. The van der Waals surface area contributed by atoms with E-state index in [-0.39, 0.29) is 24.4 Å². The van der Waals surface area contributed by atoms with Gasteiger partial charge in [-0.25, -0.2) is 0 Å². The summed E-state index contributed by atoms with van der Waals surface area (Å²) in [6.45, 7) is 4.36. The summed E-state index contributed by atoms with van der Waals surface area (Å²) < 4.78 is 11.5. The van der Waals surface area contributed by atoms with Crippen molar-refractivity contribution in [3.05, 3.63) is 65.9 Å². The van der Waals surface area contributed by atoms with Crippen molar-refractivity contribution in [2.45, 2.75) is 25.9 Å². The van der Waals surface area contributed by atoms with E-state index in [0.29, 0.717) is 23.7 Å². The van der Waals surface area contributed by atoms with Crippen LogP contribution in [-0.2, 0) is 4.79 Å². The first-order valence-corrected chi connectivity index (χ1v) is 8.36. The molecule has 0 radical (unpaired) electrons. The molecule has 6 heteroatoms. The fraction of sp³-hybridized carbons (Fsp3) is 0.250. The van der Waals surface area contributed by atoms with Crippen LogP contribution in [0.25, 0.3) is 11.0 Å². The van der Waals surface area contributed by atoms with E-state index >= 15 is 0 Å². The van der Waals surface area contributed by atoms with Crippen molar-refractivity contribution in [3.8, 4) is 5.75 Å². The molecule has 2 aromatic carbocycles. The maximum Gasteiger partial charge on any atom is 0.242 e. The normalized spacial score (nSPS) is 12.9. The minimum absolute atomic E-state index is 0. The molecular weight excluding hydrogens is 352 g/mol. The molecule has 1 amide bonds. The third-order valence-corrected chi connectivity index (χ3v) is 4.05. The quantitative estimate of drug-likeness (QED) is 0.680. The number of halogens is 1. The van der Waals surface area contributed by atoms with Gasteiger partial charge in [-0.3, -0.25) is 4.79 Å². The lowest BCUT2D eigenvalue weighted by Crippen LogP contribution is -2.35. The van der Waals surface area contributed by atoms with E-state index in [4.69, 9.17) is 14.9 Å². The van der Waals surface area contributed by atoms with Gasteiger partial charge in [0, 0.05) is 5.39 Å². The fourth-order valence-corrected chi connectivity index (χ4v) is 2.72. The molecule has 0 spiro atoms. The number of hydrogen-bond acceptors (Lipinski definition) is 4. The molecule has 138 valence electrons. The van der Waals surface area contributed by atoms with Gasteiger partial charge in [0.1, 0.15) is 11.8 Å². The van der Waals surface area contributed by atoms with Crippen molar-refractivity contribution in [2.75, 3.05) is 6.61 Å². The van der Waals surface area contributed by atoms with E-state index < -0.39 is 6.04 Å². The van der Waals surface area contributed by atoms with Crippen LogP contribution in [0.3, 0.4) is 0 Å². The van der Waals surface area contributed by atoms with Gasteiger partial charge in [0.15, 0.2) is 11.3 Å². The van der Waals surface area contributed by atoms with Gasteiger partial charge in [0.25, 0.3) is 0 Å². The minimum atomic E-state index is -0.716. The van der Waals surface area contributed by atoms with E-state index in [1.54, 1.807) is 0 Å². The summed E-state index contributed by atoms with van der Waals surface area (Å²) >= 11 is 0. The first-order valence-electron chi connectivity index (χ1n) is 8.36. The Labute approximate surface area is 158 Å².